The molecule has 0 aromatic heterocycles. The van der Waals surface area contributed by atoms with E-state index in [2.05, 4.69) is 10.1 Å². The molecule has 0 bridgehead atoms. The minimum atomic E-state index is -2.88. The molecule has 2 aromatic carbocycles. The lowest BCUT2D eigenvalue weighted by Crippen LogP contribution is -2.30. The Morgan fingerprint density at radius 3 is 2.47 bits per heavy atom. The molecule has 0 saturated carbocycles. The molecule has 0 unspecified atom stereocenters. The highest BCUT2D eigenvalue weighted by molar-refractivity contribution is 6.32. The van der Waals surface area contributed by atoms with Crippen molar-refractivity contribution in [1.29, 1.82) is 0 Å². The molecule has 172 valence electrons. The first-order valence-corrected chi connectivity index (χ1v) is 9.77. The Kier molecular flexibility index (Phi) is 9.75. The number of halogens is 3. The van der Waals surface area contributed by atoms with Crippen LogP contribution in [0.2, 0.25) is 5.02 Å². The molecule has 1 amide bonds. The molecule has 0 radical (unpaired) electrons. The maximum absolute atomic E-state index is 12.1. The number of hydrogen-bond acceptors (Lipinski definition) is 6. The number of hydrogen-bond donors (Lipinski definition) is 1. The van der Waals surface area contributed by atoms with Crippen molar-refractivity contribution >= 4 is 29.6 Å². The Balaban J connectivity index is 1.75. The first-order chi connectivity index (χ1) is 15.3. The highest BCUT2D eigenvalue weighted by Crippen LogP contribution is 2.36. The predicted octanol–water partition coefficient (Wildman–Crippen LogP) is 3.87. The number of rotatable bonds is 11. The van der Waals surface area contributed by atoms with Crippen LogP contribution in [0.3, 0.4) is 0 Å². The smallest absolute Gasteiger partial charge is 0.387 e. The second-order valence-corrected chi connectivity index (χ2v) is 6.71. The number of carbonyl (C=O) groups is 2. The first kappa shape index (κ1) is 24.9. The highest BCUT2D eigenvalue weighted by Gasteiger charge is 2.10. The van der Waals surface area contributed by atoms with Gasteiger partial charge in [-0.2, -0.15) is 8.78 Å². The van der Waals surface area contributed by atoms with Gasteiger partial charge in [0.15, 0.2) is 18.1 Å². The summed E-state index contributed by atoms with van der Waals surface area (Å²) in [6.45, 7) is -3.04. The van der Waals surface area contributed by atoms with Crippen molar-refractivity contribution in [1.82, 2.24) is 5.32 Å². The normalized spacial score (nSPS) is 10.8. The molecule has 0 aliphatic carbocycles. The highest BCUT2D eigenvalue weighted by atomic mass is 35.5. The van der Waals surface area contributed by atoms with Crippen LogP contribution in [-0.2, 0) is 20.7 Å². The average molecular weight is 470 g/mol. The van der Waals surface area contributed by atoms with Crippen molar-refractivity contribution in [2.45, 2.75) is 13.0 Å². The lowest BCUT2D eigenvalue weighted by Gasteiger charge is -2.10. The van der Waals surface area contributed by atoms with Gasteiger partial charge in [-0.05, 0) is 47.9 Å². The second-order valence-electron chi connectivity index (χ2n) is 6.30. The monoisotopic (exact) mass is 469 g/mol. The van der Waals surface area contributed by atoms with Crippen molar-refractivity contribution in [3.05, 3.63) is 58.6 Å². The Labute approximate surface area is 188 Å². The van der Waals surface area contributed by atoms with Gasteiger partial charge in [0.2, 0.25) is 0 Å². The molecule has 0 aliphatic heterocycles. The standard InChI is InChI=1S/C22H22ClF2NO6/c1-29-18-12-15(11-17(23)21(18)30-2)5-8-20(28)31-13-19(27)26-10-9-14-3-6-16(7-4-14)32-22(24)25/h3-8,11-12,22H,9-10,13H2,1-2H3,(H,26,27)/b8-5+. The zero-order valence-corrected chi connectivity index (χ0v) is 18.2. The van der Waals surface area contributed by atoms with Crippen LogP contribution in [0, 0.1) is 0 Å². The number of methoxy groups -OCH3 is 2. The van der Waals surface area contributed by atoms with Gasteiger partial charge in [-0.25, -0.2) is 4.79 Å². The van der Waals surface area contributed by atoms with E-state index in [-0.39, 0.29) is 12.3 Å². The molecule has 2 aromatic rings. The summed E-state index contributed by atoms with van der Waals surface area (Å²) < 4.78 is 43.7. The zero-order valence-electron chi connectivity index (χ0n) is 17.4. The minimum absolute atomic E-state index is 0.0584. The van der Waals surface area contributed by atoms with Gasteiger partial charge in [0.25, 0.3) is 5.91 Å². The SMILES string of the molecule is COc1cc(/C=C/C(=O)OCC(=O)NCCc2ccc(OC(F)F)cc2)cc(Cl)c1OC. The fourth-order valence-corrected chi connectivity index (χ4v) is 2.91. The molecule has 0 atom stereocenters. The van der Waals surface area contributed by atoms with Gasteiger partial charge < -0.3 is 24.3 Å². The topological polar surface area (TPSA) is 83.1 Å². The molecular weight excluding hydrogens is 448 g/mol. The summed E-state index contributed by atoms with van der Waals surface area (Å²) in [6, 6.07) is 9.30. The maximum atomic E-state index is 12.1. The quantitative estimate of drug-likeness (QED) is 0.397. The van der Waals surface area contributed by atoms with Gasteiger partial charge in [-0.15, -0.1) is 0 Å². The van der Waals surface area contributed by atoms with Crippen molar-refractivity contribution in [3.8, 4) is 17.2 Å². The van der Waals surface area contributed by atoms with Crippen molar-refractivity contribution in [2.75, 3.05) is 27.4 Å². The number of ether oxygens (including phenoxy) is 4. The average Bonchev–Trinajstić information content (AvgIpc) is 2.76. The first-order valence-electron chi connectivity index (χ1n) is 9.39. The molecule has 0 saturated heterocycles. The summed E-state index contributed by atoms with van der Waals surface area (Å²) in [5.74, 6) is -0.339. The van der Waals surface area contributed by atoms with Gasteiger partial charge in [-0.3, -0.25) is 4.79 Å². The Bertz CT molecular complexity index is 950. The summed E-state index contributed by atoms with van der Waals surface area (Å²) in [4.78, 5) is 23.7. The van der Waals surface area contributed by atoms with E-state index in [4.69, 9.17) is 25.8 Å². The Morgan fingerprint density at radius 2 is 1.84 bits per heavy atom. The van der Waals surface area contributed by atoms with Gasteiger partial charge in [0, 0.05) is 12.6 Å². The fourth-order valence-electron chi connectivity index (χ4n) is 2.62. The van der Waals surface area contributed by atoms with E-state index in [0.717, 1.165) is 11.6 Å². The summed E-state index contributed by atoms with van der Waals surface area (Å²) in [7, 11) is 2.93. The van der Waals surface area contributed by atoms with E-state index in [0.29, 0.717) is 28.5 Å². The van der Waals surface area contributed by atoms with Crippen LogP contribution in [0.25, 0.3) is 6.08 Å². The van der Waals surface area contributed by atoms with E-state index in [1.807, 2.05) is 0 Å². The zero-order chi connectivity index (χ0) is 23.5. The van der Waals surface area contributed by atoms with Crippen LogP contribution in [-0.4, -0.2) is 45.9 Å². The number of carbonyl (C=O) groups excluding carboxylic acids is 2. The van der Waals surface area contributed by atoms with Gasteiger partial charge in [0.05, 0.1) is 19.2 Å². The molecule has 1 N–H and O–H groups in total. The molecule has 7 nitrogen and oxygen atoms in total. The number of benzene rings is 2. The summed E-state index contributed by atoms with van der Waals surface area (Å²) in [6.07, 6.45) is 3.10. The number of esters is 1. The summed E-state index contributed by atoms with van der Waals surface area (Å²) >= 11 is 6.11. The summed E-state index contributed by atoms with van der Waals surface area (Å²) in [5.41, 5.74) is 1.40. The third-order valence-electron chi connectivity index (χ3n) is 4.10. The van der Waals surface area contributed by atoms with E-state index in [9.17, 15) is 18.4 Å². The molecule has 0 fully saturated rings. The molecule has 0 aliphatic rings. The number of amides is 1. The van der Waals surface area contributed by atoms with Gasteiger partial charge >= 0.3 is 12.6 Å². The molecule has 32 heavy (non-hydrogen) atoms. The lowest BCUT2D eigenvalue weighted by atomic mass is 10.1. The van der Waals surface area contributed by atoms with E-state index in [1.165, 1.54) is 32.4 Å². The van der Waals surface area contributed by atoms with Gasteiger partial charge in [-0.1, -0.05) is 23.7 Å². The Morgan fingerprint density at radius 1 is 1.12 bits per heavy atom. The largest absolute Gasteiger partial charge is 0.493 e. The van der Waals surface area contributed by atoms with Crippen LogP contribution >= 0.6 is 11.6 Å². The van der Waals surface area contributed by atoms with Crippen LogP contribution < -0.4 is 19.5 Å². The molecular formula is C22H22ClF2NO6. The third-order valence-corrected chi connectivity index (χ3v) is 4.38. The van der Waals surface area contributed by atoms with Crippen molar-refractivity contribution < 1.29 is 37.3 Å². The summed E-state index contributed by atoms with van der Waals surface area (Å²) in [5, 5.41) is 2.92. The van der Waals surface area contributed by atoms with Crippen LogP contribution in [0.1, 0.15) is 11.1 Å². The predicted molar refractivity (Wildman–Crippen MR) is 114 cm³/mol. The maximum Gasteiger partial charge on any atom is 0.387 e. The van der Waals surface area contributed by atoms with Crippen LogP contribution in [0.5, 0.6) is 17.2 Å². The van der Waals surface area contributed by atoms with Crippen molar-refractivity contribution in [3.63, 3.8) is 0 Å². The van der Waals surface area contributed by atoms with Gasteiger partial charge in [0.1, 0.15) is 5.75 Å². The fraction of sp³-hybridized carbons (Fsp3) is 0.273. The van der Waals surface area contributed by atoms with E-state index in [1.54, 1.807) is 24.3 Å². The van der Waals surface area contributed by atoms with Crippen LogP contribution in [0.4, 0.5) is 8.78 Å². The number of nitrogens with one attached hydrogen (secondary N) is 1. The number of alkyl halides is 2. The second kappa shape index (κ2) is 12.5. The third kappa shape index (κ3) is 8.07. The van der Waals surface area contributed by atoms with E-state index < -0.39 is 25.1 Å². The minimum Gasteiger partial charge on any atom is -0.493 e. The lowest BCUT2D eigenvalue weighted by molar-refractivity contribution is -0.143. The van der Waals surface area contributed by atoms with Crippen molar-refractivity contribution in [2.24, 2.45) is 0 Å². The Hall–Kier alpha value is -3.33. The molecule has 0 heterocycles. The van der Waals surface area contributed by atoms with Crippen LogP contribution in [0.15, 0.2) is 42.5 Å². The molecule has 0 spiro atoms. The van der Waals surface area contributed by atoms with E-state index >= 15 is 0 Å². The molecule has 2 rings (SSSR count). The molecule has 10 heteroatoms.